The van der Waals surface area contributed by atoms with Gasteiger partial charge in [-0.05, 0) is 32.2 Å². The number of nitrogens with one attached hydrogen (secondary N) is 1. The molecule has 0 aromatic carbocycles. The Bertz CT molecular complexity index is 446. The molecule has 2 unspecified atom stereocenters. The molecular weight excluding hydrogens is 262 g/mol. The van der Waals surface area contributed by atoms with Crippen molar-refractivity contribution in [1.29, 1.82) is 0 Å². The van der Waals surface area contributed by atoms with Crippen LogP contribution in [0.25, 0.3) is 0 Å². The van der Waals surface area contributed by atoms with Gasteiger partial charge in [0.2, 0.25) is 0 Å². The molecule has 2 heterocycles. The highest BCUT2D eigenvalue weighted by atomic mass is 35.5. The molecule has 1 aliphatic heterocycles. The number of hydrogen-bond acceptors (Lipinski definition) is 3. The maximum absolute atomic E-state index is 10.9. The molecule has 108 valence electrons. The van der Waals surface area contributed by atoms with E-state index in [4.69, 9.17) is 11.6 Å². The van der Waals surface area contributed by atoms with E-state index in [-0.39, 0.29) is 5.92 Å². The van der Waals surface area contributed by atoms with E-state index in [0.717, 1.165) is 48.9 Å². The topological polar surface area (TPSA) is 50.1 Å². The lowest BCUT2D eigenvalue weighted by molar-refractivity contribution is -0.0344. The number of piperidine rings is 1. The first kappa shape index (κ1) is 14.8. The average Bonchev–Trinajstić information content (AvgIpc) is 2.70. The van der Waals surface area contributed by atoms with Crippen LogP contribution in [0.1, 0.15) is 38.6 Å². The molecule has 2 rings (SSSR count). The zero-order valence-electron chi connectivity index (χ0n) is 12.0. The molecule has 0 amide bonds. The highest BCUT2D eigenvalue weighted by molar-refractivity contribution is 6.31. The number of aliphatic hydroxyl groups is 1. The largest absolute Gasteiger partial charge is 0.389 e. The molecule has 1 saturated heterocycles. The van der Waals surface area contributed by atoms with Crippen LogP contribution in [0.5, 0.6) is 0 Å². The standard InChI is InChI=1S/C14H24ClN3O/c1-4-11-13(15)12(18(5-2)17-11)8-14(19)6-7-16-9-10(14)3/h10,16,19H,4-9H2,1-3H3. The molecular formula is C14H24ClN3O. The van der Waals surface area contributed by atoms with Crippen molar-refractivity contribution in [2.45, 2.75) is 52.2 Å². The molecule has 1 aromatic rings. The van der Waals surface area contributed by atoms with Crippen molar-refractivity contribution in [3.05, 3.63) is 16.4 Å². The third-order valence-electron chi connectivity index (χ3n) is 4.27. The van der Waals surface area contributed by atoms with Gasteiger partial charge < -0.3 is 10.4 Å². The number of nitrogens with zero attached hydrogens (tertiary/aromatic N) is 2. The number of halogens is 1. The van der Waals surface area contributed by atoms with Gasteiger partial charge in [-0.3, -0.25) is 4.68 Å². The van der Waals surface area contributed by atoms with E-state index in [2.05, 4.69) is 31.2 Å². The van der Waals surface area contributed by atoms with Gasteiger partial charge in [0.15, 0.2) is 0 Å². The van der Waals surface area contributed by atoms with Crippen LogP contribution in [-0.4, -0.2) is 33.6 Å². The second-order valence-corrected chi connectivity index (χ2v) is 5.89. The van der Waals surface area contributed by atoms with Gasteiger partial charge in [-0.15, -0.1) is 0 Å². The van der Waals surface area contributed by atoms with E-state index in [1.54, 1.807) is 0 Å². The summed E-state index contributed by atoms with van der Waals surface area (Å²) in [6.45, 7) is 8.71. The van der Waals surface area contributed by atoms with E-state index in [1.165, 1.54) is 0 Å². The number of aryl methyl sites for hydroxylation is 2. The average molecular weight is 286 g/mol. The Morgan fingerprint density at radius 1 is 1.53 bits per heavy atom. The Balaban J connectivity index is 2.29. The summed E-state index contributed by atoms with van der Waals surface area (Å²) in [5.74, 6) is 0.225. The predicted octanol–water partition coefficient (Wildman–Crippen LogP) is 2.02. The minimum atomic E-state index is -0.674. The number of aromatic nitrogens is 2. The van der Waals surface area contributed by atoms with Crippen molar-refractivity contribution in [2.24, 2.45) is 5.92 Å². The second kappa shape index (κ2) is 5.81. The number of rotatable bonds is 4. The molecule has 0 radical (unpaired) electrons. The van der Waals surface area contributed by atoms with Crippen LogP contribution >= 0.6 is 11.6 Å². The van der Waals surface area contributed by atoms with E-state index >= 15 is 0 Å². The quantitative estimate of drug-likeness (QED) is 0.890. The van der Waals surface area contributed by atoms with E-state index in [1.807, 2.05) is 4.68 Å². The lowest BCUT2D eigenvalue weighted by Crippen LogP contribution is -2.50. The molecule has 1 fully saturated rings. The van der Waals surface area contributed by atoms with Crippen molar-refractivity contribution in [1.82, 2.24) is 15.1 Å². The molecule has 5 heteroatoms. The predicted molar refractivity (Wildman–Crippen MR) is 77.6 cm³/mol. The van der Waals surface area contributed by atoms with Gasteiger partial charge in [0.25, 0.3) is 0 Å². The van der Waals surface area contributed by atoms with Crippen molar-refractivity contribution >= 4 is 11.6 Å². The molecule has 2 atom stereocenters. The van der Waals surface area contributed by atoms with Gasteiger partial charge in [0, 0.05) is 19.5 Å². The minimum absolute atomic E-state index is 0.225. The smallest absolute Gasteiger partial charge is 0.0850 e. The SMILES string of the molecule is CCc1nn(CC)c(CC2(O)CCNCC2C)c1Cl. The van der Waals surface area contributed by atoms with Gasteiger partial charge >= 0.3 is 0 Å². The van der Waals surface area contributed by atoms with Crippen molar-refractivity contribution < 1.29 is 5.11 Å². The Hall–Kier alpha value is -0.580. The molecule has 2 N–H and O–H groups in total. The molecule has 19 heavy (non-hydrogen) atoms. The maximum atomic E-state index is 10.9. The Morgan fingerprint density at radius 3 is 2.84 bits per heavy atom. The van der Waals surface area contributed by atoms with Gasteiger partial charge in [0.1, 0.15) is 0 Å². The first-order chi connectivity index (χ1) is 9.01. The van der Waals surface area contributed by atoms with Crippen molar-refractivity contribution in [3.8, 4) is 0 Å². The normalized spacial score (nSPS) is 27.7. The summed E-state index contributed by atoms with van der Waals surface area (Å²) in [5.41, 5.74) is 1.24. The summed E-state index contributed by atoms with van der Waals surface area (Å²) in [6.07, 6.45) is 2.19. The van der Waals surface area contributed by atoms with Crippen LogP contribution in [0.4, 0.5) is 0 Å². The first-order valence-electron chi connectivity index (χ1n) is 7.19. The van der Waals surface area contributed by atoms with Gasteiger partial charge in [-0.1, -0.05) is 25.4 Å². The van der Waals surface area contributed by atoms with Crippen LogP contribution in [0, 0.1) is 5.92 Å². The van der Waals surface area contributed by atoms with E-state index < -0.39 is 5.60 Å². The minimum Gasteiger partial charge on any atom is -0.389 e. The van der Waals surface area contributed by atoms with Gasteiger partial charge in [0.05, 0.1) is 22.0 Å². The van der Waals surface area contributed by atoms with E-state index in [9.17, 15) is 5.11 Å². The fraction of sp³-hybridized carbons (Fsp3) is 0.786. The van der Waals surface area contributed by atoms with Gasteiger partial charge in [-0.2, -0.15) is 5.10 Å². The summed E-state index contributed by atoms with van der Waals surface area (Å²) in [7, 11) is 0. The van der Waals surface area contributed by atoms with Crippen LogP contribution in [0.3, 0.4) is 0 Å². The number of hydrogen-bond donors (Lipinski definition) is 2. The second-order valence-electron chi connectivity index (χ2n) is 5.51. The van der Waals surface area contributed by atoms with E-state index in [0.29, 0.717) is 6.42 Å². The molecule has 0 spiro atoms. The van der Waals surface area contributed by atoms with Crippen LogP contribution in [0.15, 0.2) is 0 Å². The monoisotopic (exact) mass is 285 g/mol. The molecule has 1 aromatic heterocycles. The third-order valence-corrected chi connectivity index (χ3v) is 4.71. The summed E-state index contributed by atoms with van der Waals surface area (Å²) in [4.78, 5) is 0. The van der Waals surface area contributed by atoms with Crippen LogP contribution in [-0.2, 0) is 19.4 Å². The Morgan fingerprint density at radius 2 is 2.26 bits per heavy atom. The third kappa shape index (κ3) is 2.81. The fourth-order valence-corrected chi connectivity index (χ4v) is 3.13. The zero-order valence-corrected chi connectivity index (χ0v) is 12.8. The molecule has 4 nitrogen and oxygen atoms in total. The highest BCUT2D eigenvalue weighted by Crippen LogP contribution is 2.32. The summed E-state index contributed by atoms with van der Waals surface area (Å²) in [5, 5.41) is 19.5. The molecule has 0 aliphatic carbocycles. The maximum Gasteiger partial charge on any atom is 0.0850 e. The summed E-state index contributed by atoms with van der Waals surface area (Å²) < 4.78 is 1.94. The Labute approximate surface area is 120 Å². The van der Waals surface area contributed by atoms with Crippen LogP contribution < -0.4 is 5.32 Å². The lowest BCUT2D eigenvalue weighted by Gasteiger charge is -2.38. The zero-order chi connectivity index (χ0) is 14.0. The lowest BCUT2D eigenvalue weighted by atomic mass is 9.79. The highest BCUT2D eigenvalue weighted by Gasteiger charge is 2.37. The Kier molecular flexibility index (Phi) is 4.54. The fourth-order valence-electron chi connectivity index (χ4n) is 2.80. The first-order valence-corrected chi connectivity index (χ1v) is 7.56. The molecule has 1 aliphatic rings. The summed E-state index contributed by atoms with van der Waals surface area (Å²) >= 11 is 6.43. The van der Waals surface area contributed by atoms with Crippen molar-refractivity contribution in [3.63, 3.8) is 0 Å². The van der Waals surface area contributed by atoms with Gasteiger partial charge in [-0.25, -0.2) is 0 Å². The molecule has 0 bridgehead atoms. The molecule has 0 saturated carbocycles. The van der Waals surface area contributed by atoms with Crippen molar-refractivity contribution in [2.75, 3.05) is 13.1 Å². The summed E-state index contributed by atoms with van der Waals surface area (Å²) in [6, 6.07) is 0. The van der Waals surface area contributed by atoms with Crippen LogP contribution in [0.2, 0.25) is 5.02 Å².